The van der Waals surface area contributed by atoms with E-state index >= 15 is 0 Å². The van der Waals surface area contributed by atoms with Crippen LogP contribution in [0.4, 0.5) is 0 Å². The van der Waals surface area contributed by atoms with E-state index in [2.05, 4.69) is 4.98 Å². The zero-order valence-electron chi connectivity index (χ0n) is 16.8. The summed E-state index contributed by atoms with van der Waals surface area (Å²) in [4.78, 5) is 32.3. The molecule has 156 valence electrons. The second kappa shape index (κ2) is 10.2. The molecule has 0 unspecified atom stereocenters. The van der Waals surface area contributed by atoms with Gasteiger partial charge in [0.2, 0.25) is 5.91 Å². The van der Waals surface area contributed by atoms with E-state index in [9.17, 15) is 9.59 Å². The monoisotopic (exact) mass is 460 g/mol. The molecule has 0 radical (unpaired) electrons. The summed E-state index contributed by atoms with van der Waals surface area (Å²) in [6.07, 6.45) is 2.00. The van der Waals surface area contributed by atoms with Crippen LogP contribution in [-0.4, -0.2) is 47.9 Å². The molecule has 8 heteroatoms. The molecule has 3 aromatic rings. The number of carbonyl (C=O) groups is 2. The molecular weight excluding hydrogens is 440 g/mol. The molecule has 5 nitrogen and oxygen atoms in total. The standard InChI is InChI=1S/C22H21ClN2O3S2/c1-25(2)20(26)13-30-19-7-5-4-6-17(19)22(27)28-12-15-10-14-8-9-16(29-3)11-18(14)24-21(15)23/h4-11H,12-13H2,1-3H3. The Morgan fingerprint density at radius 1 is 1.13 bits per heavy atom. The first kappa shape index (κ1) is 22.5. The van der Waals surface area contributed by atoms with Gasteiger partial charge in [0.25, 0.3) is 0 Å². The summed E-state index contributed by atoms with van der Waals surface area (Å²) < 4.78 is 5.51. The molecule has 0 spiro atoms. The fourth-order valence-corrected chi connectivity index (χ4v) is 4.30. The minimum absolute atomic E-state index is 0.0144. The van der Waals surface area contributed by atoms with E-state index in [1.54, 1.807) is 44.1 Å². The summed E-state index contributed by atoms with van der Waals surface area (Å²) in [6, 6.07) is 14.9. The van der Waals surface area contributed by atoms with E-state index in [0.29, 0.717) is 21.2 Å². The predicted octanol–water partition coefficient (Wildman–Crippen LogP) is 5.15. The van der Waals surface area contributed by atoms with Crippen molar-refractivity contribution in [2.75, 3.05) is 26.1 Å². The quantitative estimate of drug-likeness (QED) is 0.276. The summed E-state index contributed by atoms with van der Waals surface area (Å²) in [7, 11) is 3.40. The SMILES string of the molecule is CSc1ccc2cc(COC(=O)c3ccccc3SCC(=O)N(C)C)c(Cl)nc2c1. The number of pyridine rings is 1. The molecule has 1 heterocycles. The molecule has 0 aliphatic heterocycles. The van der Waals surface area contributed by atoms with Crippen molar-refractivity contribution in [3.63, 3.8) is 0 Å². The van der Waals surface area contributed by atoms with Gasteiger partial charge in [-0.25, -0.2) is 9.78 Å². The summed E-state index contributed by atoms with van der Waals surface area (Å²) in [6.45, 7) is 0.0144. The summed E-state index contributed by atoms with van der Waals surface area (Å²) in [5.74, 6) is -0.249. The van der Waals surface area contributed by atoms with E-state index in [4.69, 9.17) is 16.3 Å². The van der Waals surface area contributed by atoms with Crippen LogP contribution in [0.15, 0.2) is 58.3 Å². The van der Waals surface area contributed by atoms with Gasteiger partial charge in [0.05, 0.1) is 16.8 Å². The zero-order chi connectivity index (χ0) is 21.7. The van der Waals surface area contributed by atoms with Gasteiger partial charge in [-0.3, -0.25) is 4.79 Å². The molecule has 0 bridgehead atoms. The van der Waals surface area contributed by atoms with Crippen molar-refractivity contribution in [1.29, 1.82) is 0 Å². The molecule has 0 saturated carbocycles. The van der Waals surface area contributed by atoms with Gasteiger partial charge in [-0.1, -0.05) is 29.8 Å². The van der Waals surface area contributed by atoms with Crippen LogP contribution in [0.5, 0.6) is 0 Å². The van der Waals surface area contributed by atoms with Gasteiger partial charge in [-0.15, -0.1) is 23.5 Å². The number of carbonyl (C=O) groups excluding carboxylic acids is 2. The van der Waals surface area contributed by atoms with Gasteiger partial charge < -0.3 is 9.64 Å². The van der Waals surface area contributed by atoms with Crippen LogP contribution in [-0.2, 0) is 16.1 Å². The Balaban J connectivity index is 1.73. The first-order valence-corrected chi connectivity index (χ1v) is 11.7. The summed E-state index contributed by atoms with van der Waals surface area (Å²) >= 11 is 9.26. The van der Waals surface area contributed by atoms with Gasteiger partial charge in [0.15, 0.2) is 0 Å². The molecule has 0 atom stereocenters. The van der Waals surface area contributed by atoms with Crippen molar-refractivity contribution in [2.45, 2.75) is 16.4 Å². The number of aromatic nitrogens is 1. The van der Waals surface area contributed by atoms with Crippen molar-refractivity contribution < 1.29 is 14.3 Å². The number of thioether (sulfide) groups is 2. The highest BCUT2D eigenvalue weighted by Crippen LogP contribution is 2.27. The number of amides is 1. The van der Waals surface area contributed by atoms with Gasteiger partial charge >= 0.3 is 5.97 Å². The lowest BCUT2D eigenvalue weighted by Gasteiger charge is -2.12. The number of hydrogen-bond acceptors (Lipinski definition) is 6. The Morgan fingerprint density at radius 2 is 1.90 bits per heavy atom. The van der Waals surface area contributed by atoms with Crippen molar-refractivity contribution in [3.05, 3.63) is 64.8 Å². The molecule has 0 saturated heterocycles. The van der Waals surface area contributed by atoms with Crippen LogP contribution in [0.2, 0.25) is 5.15 Å². The topological polar surface area (TPSA) is 59.5 Å². The van der Waals surface area contributed by atoms with Gasteiger partial charge in [0, 0.05) is 34.8 Å². The number of benzene rings is 2. The lowest BCUT2D eigenvalue weighted by atomic mass is 10.1. The molecule has 0 fully saturated rings. The minimum atomic E-state index is -0.468. The third-order valence-electron chi connectivity index (χ3n) is 4.37. The smallest absolute Gasteiger partial charge is 0.339 e. The Hall–Kier alpha value is -2.22. The van der Waals surface area contributed by atoms with Crippen molar-refractivity contribution in [1.82, 2.24) is 9.88 Å². The molecule has 2 aromatic carbocycles. The Morgan fingerprint density at radius 3 is 2.63 bits per heavy atom. The fraction of sp³-hybridized carbons (Fsp3) is 0.227. The lowest BCUT2D eigenvalue weighted by Crippen LogP contribution is -2.23. The first-order chi connectivity index (χ1) is 14.4. The third-order valence-corrected chi connectivity index (χ3v) is 6.48. The van der Waals surface area contributed by atoms with Gasteiger partial charge in [-0.2, -0.15) is 0 Å². The van der Waals surface area contributed by atoms with Crippen LogP contribution in [0.1, 0.15) is 15.9 Å². The van der Waals surface area contributed by atoms with Gasteiger partial charge in [-0.05, 0) is 36.6 Å². The normalized spacial score (nSPS) is 10.8. The second-order valence-corrected chi connectivity index (χ2v) is 8.90. The number of fused-ring (bicyclic) bond motifs is 1. The van der Waals surface area contributed by atoms with Crippen LogP contribution < -0.4 is 0 Å². The van der Waals surface area contributed by atoms with E-state index in [1.807, 2.05) is 36.6 Å². The number of ether oxygens (including phenoxy) is 1. The van der Waals surface area contributed by atoms with E-state index in [0.717, 1.165) is 15.8 Å². The highest BCUT2D eigenvalue weighted by Gasteiger charge is 2.16. The Kier molecular flexibility index (Phi) is 7.64. The van der Waals surface area contributed by atoms with E-state index in [-0.39, 0.29) is 18.3 Å². The molecule has 3 rings (SSSR count). The molecule has 1 aromatic heterocycles. The molecule has 1 amide bonds. The fourth-order valence-electron chi connectivity index (χ4n) is 2.65. The predicted molar refractivity (Wildman–Crippen MR) is 124 cm³/mol. The van der Waals surface area contributed by atoms with E-state index in [1.165, 1.54) is 16.7 Å². The summed E-state index contributed by atoms with van der Waals surface area (Å²) in [5, 5.41) is 1.24. The maximum Gasteiger partial charge on any atom is 0.339 e. The van der Waals surface area contributed by atoms with Crippen molar-refractivity contribution in [3.8, 4) is 0 Å². The third kappa shape index (κ3) is 5.47. The molecule has 0 N–H and O–H groups in total. The molecule has 0 aliphatic rings. The number of halogens is 1. The maximum absolute atomic E-state index is 12.7. The second-order valence-electron chi connectivity index (χ2n) is 6.65. The highest BCUT2D eigenvalue weighted by molar-refractivity contribution is 8.00. The number of rotatable bonds is 7. The first-order valence-electron chi connectivity index (χ1n) is 9.11. The number of esters is 1. The molecular formula is C22H21ClN2O3S2. The lowest BCUT2D eigenvalue weighted by molar-refractivity contribution is -0.125. The Bertz CT molecular complexity index is 1090. The average Bonchev–Trinajstić information content (AvgIpc) is 2.75. The van der Waals surface area contributed by atoms with Gasteiger partial charge in [0.1, 0.15) is 11.8 Å². The summed E-state index contributed by atoms with van der Waals surface area (Å²) in [5.41, 5.74) is 1.86. The van der Waals surface area contributed by atoms with Crippen molar-refractivity contribution >= 4 is 57.9 Å². The number of hydrogen-bond donors (Lipinski definition) is 0. The molecule has 30 heavy (non-hydrogen) atoms. The van der Waals surface area contributed by atoms with Crippen molar-refractivity contribution in [2.24, 2.45) is 0 Å². The zero-order valence-corrected chi connectivity index (χ0v) is 19.2. The minimum Gasteiger partial charge on any atom is -0.457 e. The average molecular weight is 461 g/mol. The largest absolute Gasteiger partial charge is 0.457 e. The number of nitrogens with zero attached hydrogens (tertiary/aromatic N) is 2. The van der Waals surface area contributed by atoms with Crippen LogP contribution in [0, 0.1) is 0 Å². The van der Waals surface area contributed by atoms with Crippen LogP contribution in [0.3, 0.4) is 0 Å². The van der Waals surface area contributed by atoms with Crippen LogP contribution in [0.25, 0.3) is 10.9 Å². The maximum atomic E-state index is 12.7. The van der Waals surface area contributed by atoms with E-state index < -0.39 is 5.97 Å². The molecule has 0 aliphatic carbocycles. The highest BCUT2D eigenvalue weighted by atomic mass is 35.5. The van der Waals surface area contributed by atoms with Crippen LogP contribution >= 0.6 is 35.1 Å². The Labute approximate surface area is 189 Å².